The van der Waals surface area contributed by atoms with Crippen LogP contribution >= 0.6 is 11.3 Å². The molecule has 8 aromatic carbocycles. The van der Waals surface area contributed by atoms with Crippen molar-refractivity contribution in [3.05, 3.63) is 176 Å². The van der Waals surface area contributed by atoms with E-state index >= 15 is 0 Å². The third-order valence-electron chi connectivity index (χ3n) is 10.3. The summed E-state index contributed by atoms with van der Waals surface area (Å²) in [6.07, 6.45) is 0. The summed E-state index contributed by atoms with van der Waals surface area (Å²) in [5.74, 6) is 1.93. The molecule has 3 aromatic heterocycles. The van der Waals surface area contributed by atoms with Gasteiger partial charge in [0.05, 0.1) is 0 Å². The van der Waals surface area contributed by atoms with E-state index in [1.807, 2.05) is 41.7 Å². The first-order valence-corrected chi connectivity index (χ1v) is 18.8. The lowest BCUT2D eigenvalue weighted by Gasteiger charge is -2.09. The molecule has 0 N–H and O–H groups in total. The first-order valence-electron chi connectivity index (χ1n) is 18.0. The minimum atomic E-state index is 0.634. The van der Waals surface area contributed by atoms with Gasteiger partial charge in [-0.1, -0.05) is 133 Å². The van der Waals surface area contributed by atoms with Crippen LogP contribution < -0.4 is 0 Å². The molecule has 11 rings (SSSR count). The summed E-state index contributed by atoms with van der Waals surface area (Å²) >= 11 is 1.81. The van der Waals surface area contributed by atoms with Gasteiger partial charge in [0.2, 0.25) is 0 Å². The summed E-state index contributed by atoms with van der Waals surface area (Å²) < 4.78 is 9.16. The number of hydrogen-bond donors (Lipinski definition) is 0. The first kappa shape index (κ1) is 30.7. The summed E-state index contributed by atoms with van der Waals surface area (Å²) in [7, 11) is 0. The van der Waals surface area contributed by atoms with Gasteiger partial charge in [-0.2, -0.15) is 0 Å². The lowest BCUT2D eigenvalue weighted by Crippen LogP contribution is -2.00. The first-order chi connectivity index (χ1) is 26.7. The third-order valence-corrected chi connectivity index (χ3v) is 11.5. The maximum atomic E-state index is 6.64. The number of hydrogen-bond acceptors (Lipinski definition) is 5. The molecule has 0 aliphatic carbocycles. The van der Waals surface area contributed by atoms with Gasteiger partial charge in [-0.25, -0.2) is 15.0 Å². The molecule has 0 radical (unpaired) electrons. The van der Waals surface area contributed by atoms with Crippen LogP contribution in [0, 0.1) is 0 Å². The van der Waals surface area contributed by atoms with Gasteiger partial charge in [0, 0.05) is 53.0 Å². The van der Waals surface area contributed by atoms with Gasteiger partial charge in [0.1, 0.15) is 11.2 Å². The summed E-state index contributed by atoms with van der Waals surface area (Å²) in [5, 5.41) is 6.99. The maximum Gasteiger partial charge on any atom is 0.164 e. The van der Waals surface area contributed by atoms with Crippen LogP contribution in [0.4, 0.5) is 0 Å². The number of nitrogens with zero attached hydrogens (tertiary/aromatic N) is 3. The molecular formula is C49H29N3OS. The Hall–Kier alpha value is -6.95. The van der Waals surface area contributed by atoms with Crippen molar-refractivity contribution in [2.24, 2.45) is 0 Å². The van der Waals surface area contributed by atoms with Gasteiger partial charge in [-0.3, -0.25) is 0 Å². The molecule has 0 saturated heterocycles. The van der Waals surface area contributed by atoms with Crippen LogP contribution in [0.25, 0.3) is 109 Å². The predicted octanol–water partition coefficient (Wildman–Crippen LogP) is 13.6. The Morgan fingerprint density at radius 3 is 1.65 bits per heavy atom. The Kier molecular flexibility index (Phi) is 7.00. The zero-order chi connectivity index (χ0) is 35.6. The Bertz CT molecular complexity index is 3200. The highest BCUT2D eigenvalue weighted by Gasteiger charge is 2.17. The Balaban J connectivity index is 0.992. The average Bonchev–Trinajstić information content (AvgIpc) is 3.82. The molecule has 0 unspecified atom stereocenters. The van der Waals surface area contributed by atoms with E-state index in [9.17, 15) is 0 Å². The van der Waals surface area contributed by atoms with Crippen LogP contribution in [0.3, 0.4) is 0 Å². The molecule has 252 valence electrons. The highest BCUT2D eigenvalue weighted by atomic mass is 32.1. The second-order valence-electron chi connectivity index (χ2n) is 13.6. The van der Waals surface area contributed by atoms with Gasteiger partial charge >= 0.3 is 0 Å². The molecule has 4 nitrogen and oxygen atoms in total. The fraction of sp³-hybridized carbons (Fsp3) is 0. The smallest absolute Gasteiger partial charge is 0.164 e. The van der Waals surface area contributed by atoms with Crippen molar-refractivity contribution in [1.29, 1.82) is 0 Å². The largest absolute Gasteiger partial charge is 0.455 e. The lowest BCUT2D eigenvalue weighted by molar-refractivity contribution is 0.673. The van der Waals surface area contributed by atoms with E-state index in [4.69, 9.17) is 19.4 Å². The second kappa shape index (κ2) is 12.3. The molecule has 0 fully saturated rings. The molecule has 0 spiro atoms. The van der Waals surface area contributed by atoms with E-state index in [1.165, 1.54) is 36.7 Å². The molecule has 0 aliphatic rings. The number of furan rings is 1. The van der Waals surface area contributed by atoms with Crippen LogP contribution in [0.1, 0.15) is 0 Å². The Labute approximate surface area is 314 Å². The minimum Gasteiger partial charge on any atom is -0.455 e. The van der Waals surface area contributed by atoms with E-state index < -0.39 is 0 Å². The van der Waals surface area contributed by atoms with Gasteiger partial charge < -0.3 is 4.42 Å². The quantitative estimate of drug-likeness (QED) is 0.179. The molecule has 54 heavy (non-hydrogen) atoms. The van der Waals surface area contributed by atoms with Crippen LogP contribution in [0.15, 0.2) is 180 Å². The van der Waals surface area contributed by atoms with Gasteiger partial charge in [-0.05, 0) is 70.1 Å². The predicted molar refractivity (Wildman–Crippen MR) is 225 cm³/mol. The van der Waals surface area contributed by atoms with Crippen molar-refractivity contribution < 1.29 is 4.42 Å². The minimum absolute atomic E-state index is 0.634. The lowest BCUT2D eigenvalue weighted by atomic mass is 9.95. The molecule has 3 heterocycles. The molecule has 5 heteroatoms. The van der Waals surface area contributed by atoms with Gasteiger partial charge in [0.15, 0.2) is 17.5 Å². The van der Waals surface area contributed by atoms with E-state index in [0.29, 0.717) is 17.5 Å². The van der Waals surface area contributed by atoms with Crippen LogP contribution in [0.2, 0.25) is 0 Å². The number of rotatable bonds is 5. The van der Waals surface area contributed by atoms with Crippen LogP contribution in [0.5, 0.6) is 0 Å². The molecule has 0 saturated carbocycles. The summed E-state index contributed by atoms with van der Waals surface area (Å²) in [4.78, 5) is 15.0. The van der Waals surface area contributed by atoms with Gasteiger partial charge in [0.25, 0.3) is 0 Å². The van der Waals surface area contributed by atoms with Gasteiger partial charge in [-0.15, -0.1) is 11.3 Å². The summed E-state index contributed by atoms with van der Waals surface area (Å²) in [6.45, 7) is 0. The van der Waals surface area contributed by atoms with Crippen molar-refractivity contribution in [3.8, 4) is 56.4 Å². The summed E-state index contributed by atoms with van der Waals surface area (Å²) in [6, 6.07) is 61.5. The van der Waals surface area contributed by atoms with Crippen LogP contribution in [-0.2, 0) is 0 Å². The normalized spacial score (nSPS) is 11.7. The Morgan fingerprint density at radius 2 is 0.889 bits per heavy atom. The number of benzene rings is 8. The Morgan fingerprint density at radius 1 is 0.333 bits per heavy atom. The highest BCUT2D eigenvalue weighted by Crippen LogP contribution is 2.41. The molecular weight excluding hydrogens is 679 g/mol. The van der Waals surface area contributed by atoms with Crippen LogP contribution in [-0.4, -0.2) is 15.0 Å². The summed E-state index contributed by atoms with van der Waals surface area (Å²) in [5.41, 5.74) is 9.19. The molecule has 0 amide bonds. The topological polar surface area (TPSA) is 51.8 Å². The molecule has 0 aliphatic heterocycles. The monoisotopic (exact) mass is 707 g/mol. The molecule has 0 atom stereocenters. The van der Waals surface area contributed by atoms with Crippen molar-refractivity contribution in [1.82, 2.24) is 15.0 Å². The fourth-order valence-electron chi connectivity index (χ4n) is 7.66. The zero-order valence-electron chi connectivity index (χ0n) is 28.9. The number of fused-ring (bicyclic) bond motifs is 8. The third kappa shape index (κ3) is 5.09. The van der Waals surface area contributed by atoms with Crippen molar-refractivity contribution in [2.75, 3.05) is 0 Å². The molecule has 0 bridgehead atoms. The maximum absolute atomic E-state index is 6.64. The van der Waals surface area contributed by atoms with Crippen molar-refractivity contribution in [2.45, 2.75) is 0 Å². The van der Waals surface area contributed by atoms with E-state index in [2.05, 4.69) is 146 Å². The average molecular weight is 708 g/mol. The molecule has 11 aromatic rings. The standard InChI is InChI=1S/C49H29N3OS/c1-3-11-31(12-4-1)40-29-42-37-25-23-34(28-43(37)53-46(42)39-17-8-7-15-36(39)40)30-19-21-33(22-20-30)48-50-47(32-13-5-2-6-14-32)51-49(52-48)35-24-26-45-41(27-35)38-16-9-10-18-44(38)54-45/h1-29H. The number of aromatic nitrogens is 3. The van der Waals surface area contributed by atoms with Crippen molar-refractivity contribution in [3.63, 3.8) is 0 Å². The van der Waals surface area contributed by atoms with Crippen molar-refractivity contribution >= 4 is 64.2 Å². The zero-order valence-corrected chi connectivity index (χ0v) is 29.7. The fourth-order valence-corrected chi connectivity index (χ4v) is 8.75. The number of thiophene rings is 1. The van der Waals surface area contributed by atoms with E-state index in [0.717, 1.165) is 55.1 Å². The highest BCUT2D eigenvalue weighted by molar-refractivity contribution is 7.25. The second-order valence-corrected chi connectivity index (χ2v) is 14.7. The van der Waals surface area contributed by atoms with E-state index in [1.54, 1.807) is 0 Å². The van der Waals surface area contributed by atoms with E-state index in [-0.39, 0.29) is 0 Å². The SMILES string of the molecule is c1ccc(-c2nc(-c3ccc(-c4ccc5c(c4)oc4c6ccccc6c(-c6ccccc6)cc54)cc3)nc(-c3ccc4sc5ccccc5c4c3)n2)cc1.